The lowest BCUT2D eigenvalue weighted by Gasteiger charge is -2.22. The van der Waals surface area contributed by atoms with Gasteiger partial charge in [-0.05, 0) is 64.3 Å². The molecule has 1 saturated heterocycles. The number of anilines is 2. The Morgan fingerprint density at radius 3 is 2.67 bits per heavy atom. The van der Waals surface area contributed by atoms with Crippen LogP contribution in [0.4, 0.5) is 11.4 Å². The second kappa shape index (κ2) is 8.20. The van der Waals surface area contributed by atoms with Gasteiger partial charge in [-0.25, -0.2) is 0 Å². The van der Waals surface area contributed by atoms with E-state index < -0.39 is 0 Å². The number of thiocarbonyl (C=S) groups is 1. The molecule has 0 radical (unpaired) electrons. The van der Waals surface area contributed by atoms with E-state index in [4.69, 9.17) is 12.2 Å². The smallest absolute Gasteiger partial charge is 0.170 e. The van der Waals surface area contributed by atoms with Crippen molar-refractivity contribution in [2.24, 2.45) is 0 Å². The lowest BCUT2D eigenvalue weighted by molar-refractivity contribution is 0.400. The van der Waals surface area contributed by atoms with Crippen LogP contribution in [0.15, 0.2) is 24.3 Å². The van der Waals surface area contributed by atoms with Gasteiger partial charge in [-0.3, -0.25) is 0 Å². The monoisotopic (exact) mass is 306 g/mol. The molecule has 5 heteroatoms. The van der Waals surface area contributed by atoms with Gasteiger partial charge in [0.15, 0.2) is 5.11 Å². The van der Waals surface area contributed by atoms with Crippen LogP contribution in [0, 0.1) is 0 Å². The average molecular weight is 306 g/mol. The van der Waals surface area contributed by atoms with Crippen LogP contribution in [0.5, 0.6) is 0 Å². The first-order valence-electron chi connectivity index (χ1n) is 7.70. The summed E-state index contributed by atoms with van der Waals surface area (Å²) >= 11 is 5.40. The summed E-state index contributed by atoms with van der Waals surface area (Å²) in [7, 11) is 4.17. The standard InChI is InChI=1S/C16H26N4S/c1-19(2)11-7-10-17-16(21)18-14-8-3-4-9-15(14)20-12-5-6-13-20/h3-4,8-9H,5-7,10-13H2,1-2H3,(H2,17,18,21). The van der Waals surface area contributed by atoms with Gasteiger partial charge in [0.2, 0.25) is 0 Å². The number of hydrogen-bond acceptors (Lipinski definition) is 3. The molecule has 1 aliphatic heterocycles. The average Bonchev–Trinajstić information content (AvgIpc) is 2.98. The second-order valence-corrected chi connectivity index (χ2v) is 6.16. The van der Waals surface area contributed by atoms with E-state index in [9.17, 15) is 0 Å². The third-order valence-corrected chi connectivity index (χ3v) is 3.91. The van der Waals surface area contributed by atoms with Crippen molar-refractivity contribution in [1.29, 1.82) is 0 Å². The molecule has 1 aliphatic rings. The number of nitrogens with zero attached hydrogens (tertiary/aromatic N) is 2. The Balaban J connectivity index is 1.85. The summed E-state index contributed by atoms with van der Waals surface area (Å²) in [5, 5.41) is 7.33. The molecule has 21 heavy (non-hydrogen) atoms. The highest BCUT2D eigenvalue weighted by Gasteiger charge is 2.15. The van der Waals surface area contributed by atoms with Gasteiger partial charge in [-0.15, -0.1) is 0 Å². The SMILES string of the molecule is CN(C)CCCNC(=S)Nc1ccccc1N1CCCC1. The van der Waals surface area contributed by atoms with E-state index in [0.717, 1.165) is 38.3 Å². The van der Waals surface area contributed by atoms with E-state index in [1.54, 1.807) is 0 Å². The highest BCUT2D eigenvalue weighted by molar-refractivity contribution is 7.80. The van der Waals surface area contributed by atoms with Crippen LogP contribution in [0.2, 0.25) is 0 Å². The summed E-state index contributed by atoms with van der Waals surface area (Å²) in [5.41, 5.74) is 2.36. The van der Waals surface area contributed by atoms with Gasteiger partial charge >= 0.3 is 0 Å². The van der Waals surface area contributed by atoms with Gasteiger partial charge in [0.05, 0.1) is 11.4 Å². The molecule has 1 fully saturated rings. The Bertz CT molecular complexity index is 455. The minimum absolute atomic E-state index is 0.709. The third-order valence-electron chi connectivity index (χ3n) is 3.67. The molecule has 1 aromatic rings. The van der Waals surface area contributed by atoms with Gasteiger partial charge in [-0.1, -0.05) is 12.1 Å². The Hall–Kier alpha value is -1.33. The van der Waals surface area contributed by atoms with Crippen molar-refractivity contribution in [2.75, 3.05) is 50.5 Å². The fourth-order valence-corrected chi connectivity index (χ4v) is 2.79. The zero-order valence-corrected chi connectivity index (χ0v) is 13.9. The lowest BCUT2D eigenvalue weighted by atomic mass is 10.2. The molecule has 0 aliphatic carbocycles. The highest BCUT2D eigenvalue weighted by Crippen LogP contribution is 2.28. The molecule has 0 atom stereocenters. The first-order chi connectivity index (χ1) is 10.2. The zero-order valence-electron chi connectivity index (χ0n) is 13.1. The molecule has 0 bridgehead atoms. The lowest BCUT2D eigenvalue weighted by Crippen LogP contribution is -2.31. The molecule has 1 aromatic carbocycles. The fraction of sp³-hybridized carbons (Fsp3) is 0.562. The first-order valence-corrected chi connectivity index (χ1v) is 8.11. The van der Waals surface area contributed by atoms with Crippen LogP contribution in [0.1, 0.15) is 19.3 Å². The van der Waals surface area contributed by atoms with Crippen molar-refractivity contribution in [2.45, 2.75) is 19.3 Å². The van der Waals surface area contributed by atoms with Crippen molar-refractivity contribution in [1.82, 2.24) is 10.2 Å². The molecule has 0 aromatic heterocycles. The summed E-state index contributed by atoms with van der Waals surface area (Å²) < 4.78 is 0. The zero-order chi connectivity index (χ0) is 15.1. The molecule has 2 rings (SSSR count). The van der Waals surface area contributed by atoms with Crippen LogP contribution < -0.4 is 15.5 Å². The predicted molar refractivity (Wildman–Crippen MR) is 95.3 cm³/mol. The summed E-state index contributed by atoms with van der Waals surface area (Å²) in [6, 6.07) is 8.41. The first kappa shape index (κ1) is 16.0. The van der Waals surface area contributed by atoms with Crippen LogP contribution >= 0.6 is 12.2 Å². The molecular formula is C16H26N4S. The second-order valence-electron chi connectivity index (χ2n) is 5.75. The molecule has 0 saturated carbocycles. The summed E-state index contributed by atoms with van der Waals surface area (Å²) in [6.45, 7) is 4.25. The maximum atomic E-state index is 5.40. The van der Waals surface area contributed by atoms with Crippen molar-refractivity contribution < 1.29 is 0 Å². The van der Waals surface area contributed by atoms with Crippen molar-refractivity contribution >= 4 is 28.7 Å². The van der Waals surface area contributed by atoms with Gasteiger partial charge in [0, 0.05) is 19.6 Å². The van der Waals surface area contributed by atoms with E-state index in [-0.39, 0.29) is 0 Å². The maximum Gasteiger partial charge on any atom is 0.170 e. The predicted octanol–water partition coefficient (Wildman–Crippen LogP) is 2.52. The number of para-hydroxylation sites is 2. The van der Waals surface area contributed by atoms with Crippen molar-refractivity contribution in [3.8, 4) is 0 Å². The largest absolute Gasteiger partial charge is 0.370 e. The molecule has 116 valence electrons. The Morgan fingerprint density at radius 2 is 1.95 bits per heavy atom. The molecule has 0 amide bonds. The van der Waals surface area contributed by atoms with E-state index in [0.29, 0.717) is 5.11 Å². The van der Waals surface area contributed by atoms with E-state index in [1.807, 2.05) is 0 Å². The summed E-state index contributed by atoms with van der Waals surface area (Å²) in [6.07, 6.45) is 3.64. The molecule has 2 N–H and O–H groups in total. The number of benzene rings is 1. The Kier molecular flexibility index (Phi) is 6.26. The molecule has 0 unspecified atom stereocenters. The van der Waals surface area contributed by atoms with E-state index in [2.05, 4.69) is 58.8 Å². The van der Waals surface area contributed by atoms with Crippen LogP contribution in [0.25, 0.3) is 0 Å². The minimum Gasteiger partial charge on any atom is -0.370 e. The maximum absolute atomic E-state index is 5.40. The van der Waals surface area contributed by atoms with Crippen LogP contribution in [-0.4, -0.2) is 50.3 Å². The summed E-state index contributed by atoms with van der Waals surface area (Å²) in [4.78, 5) is 4.61. The van der Waals surface area contributed by atoms with Crippen LogP contribution in [0.3, 0.4) is 0 Å². The normalized spacial score (nSPS) is 14.5. The highest BCUT2D eigenvalue weighted by atomic mass is 32.1. The van der Waals surface area contributed by atoms with E-state index in [1.165, 1.54) is 18.5 Å². The Morgan fingerprint density at radius 1 is 1.24 bits per heavy atom. The summed E-state index contributed by atoms with van der Waals surface area (Å²) in [5.74, 6) is 0. The van der Waals surface area contributed by atoms with Gasteiger partial charge in [-0.2, -0.15) is 0 Å². The van der Waals surface area contributed by atoms with Gasteiger partial charge in [0.1, 0.15) is 0 Å². The molecule has 4 nitrogen and oxygen atoms in total. The number of nitrogens with one attached hydrogen (secondary N) is 2. The van der Waals surface area contributed by atoms with E-state index >= 15 is 0 Å². The van der Waals surface area contributed by atoms with Gasteiger partial charge < -0.3 is 20.4 Å². The molecular weight excluding hydrogens is 280 g/mol. The topological polar surface area (TPSA) is 30.5 Å². The third kappa shape index (κ3) is 5.17. The number of hydrogen-bond donors (Lipinski definition) is 2. The van der Waals surface area contributed by atoms with Gasteiger partial charge in [0.25, 0.3) is 0 Å². The van der Waals surface area contributed by atoms with Crippen molar-refractivity contribution in [3.05, 3.63) is 24.3 Å². The fourth-order valence-electron chi connectivity index (χ4n) is 2.58. The molecule has 1 heterocycles. The molecule has 0 spiro atoms. The van der Waals surface area contributed by atoms with Crippen LogP contribution in [-0.2, 0) is 0 Å². The van der Waals surface area contributed by atoms with Crippen molar-refractivity contribution in [3.63, 3.8) is 0 Å². The quantitative estimate of drug-likeness (QED) is 0.623. The number of rotatable bonds is 6. The minimum atomic E-state index is 0.709. The Labute approximate surface area is 133 Å².